The van der Waals surface area contributed by atoms with Gasteiger partial charge < -0.3 is 5.32 Å². The lowest BCUT2D eigenvalue weighted by molar-refractivity contribution is -0.136. The molecule has 0 fully saturated rings. The molecule has 176 valence electrons. The Kier molecular flexibility index (Phi) is 7.58. The average molecular weight is 494 g/mol. The van der Waals surface area contributed by atoms with E-state index in [1.807, 2.05) is 4.72 Å². The molecular weight excluding hydrogens is 471 g/mol. The summed E-state index contributed by atoms with van der Waals surface area (Å²) in [4.78, 5) is 10.5. The van der Waals surface area contributed by atoms with Crippen LogP contribution in [0.3, 0.4) is 0 Å². The van der Waals surface area contributed by atoms with Gasteiger partial charge in [0.05, 0.1) is 21.0 Å². The van der Waals surface area contributed by atoms with Gasteiger partial charge in [0.25, 0.3) is 10.0 Å². The summed E-state index contributed by atoms with van der Waals surface area (Å²) in [5, 5.41) is 2.20. The predicted octanol–water partition coefficient (Wildman–Crippen LogP) is 3.50. The van der Waals surface area contributed by atoms with Crippen molar-refractivity contribution in [2.24, 2.45) is 0 Å². The summed E-state index contributed by atoms with van der Waals surface area (Å²) < 4.78 is 93.7. The van der Waals surface area contributed by atoms with Crippen LogP contribution in [-0.2, 0) is 31.0 Å². The Morgan fingerprint density at radius 3 is 1.94 bits per heavy atom. The number of nitrogens with zero attached hydrogens (tertiary/aromatic N) is 1. The standard InChI is InChI=1S/C19H22F3N3O5S2/c1-4-25(5-2)32(29,30)16-9-7-15(8-10-16)31(27,28)24-18-11-6-14(23-13(3)26)12-17(18)19(20,21)22/h6-12,24H,4-5H2,1-3H3,(H,23,26). The molecule has 0 heterocycles. The number of rotatable bonds is 8. The summed E-state index contributed by atoms with van der Waals surface area (Å²) in [5.74, 6) is -0.591. The quantitative estimate of drug-likeness (QED) is 0.585. The molecular formula is C19H22F3N3O5S2. The number of amides is 1. The van der Waals surface area contributed by atoms with Crippen molar-refractivity contribution in [3.63, 3.8) is 0 Å². The first kappa shape index (κ1) is 25.6. The third-order valence-corrected chi connectivity index (χ3v) is 7.81. The van der Waals surface area contributed by atoms with E-state index in [0.717, 1.165) is 43.3 Å². The Morgan fingerprint density at radius 2 is 1.47 bits per heavy atom. The van der Waals surface area contributed by atoms with Crippen molar-refractivity contribution in [1.29, 1.82) is 0 Å². The van der Waals surface area contributed by atoms with Gasteiger partial charge in [-0.2, -0.15) is 17.5 Å². The molecule has 0 unspecified atom stereocenters. The highest BCUT2D eigenvalue weighted by molar-refractivity contribution is 7.92. The second-order valence-corrected chi connectivity index (χ2v) is 10.2. The van der Waals surface area contributed by atoms with Gasteiger partial charge in [-0.25, -0.2) is 16.8 Å². The Balaban J connectivity index is 2.41. The van der Waals surface area contributed by atoms with E-state index in [-0.39, 0.29) is 23.7 Å². The number of halogens is 3. The van der Waals surface area contributed by atoms with Crippen molar-refractivity contribution in [1.82, 2.24) is 4.31 Å². The van der Waals surface area contributed by atoms with Gasteiger partial charge in [-0.1, -0.05) is 13.8 Å². The molecule has 0 saturated heterocycles. The number of sulfonamides is 2. The molecule has 32 heavy (non-hydrogen) atoms. The maximum atomic E-state index is 13.5. The molecule has 8 nitrogen and oxygen atoms in total. The lowest BCUT2D eigenvalue weighted by atomic mass is 10.1. The third kappa shape index (κ3) is 5.78. The second-order valence-electron chi connectivity index (χ2n) is 6.61. The molecule has 0 bridgehead atoms. The zero-order chi connectivity index (χ0) is 24.3. The molecule has 2 aromatic carbocycles. The SMILES string of the molecule is CCN(CC)S(=O)(=O)c1ccc(S(=O)(=O)Nc2ccc(NC(C)=O)cc2C(F)(F)F)cc1. The smallest absolute Gasteiger partial charge is 0.326 e. The predicted molar refractivity (Wildman–Crippen MR) is 113 cm³/mol. The van der Waals surface area contributed by atoms with Crippen LogP contribution in [0, 0.1) is 0 Å². The van der Waals surface area contributed by atoms with Crippen LogP contribution in [0.1, 0.15) is 26.3 Å². The first-order valence-corrected chi connectivity index (χ1v) is 12.3. The summed E-state index contributed by atoms with van der Waals surface area (Å²) in [5.41, 5.74) is -2.20. The van der Waals surface area contributed by atoms with Gasteiger partial charge in [0, 0.05) is 25.7 Å². The lowest BCUT2D eigenvalue weighted by Crippen LogP contribution is -2.30. The molecule has 0 aliphatic heterocycles. The Hall–Kier alpha value is -2.64. The van der Waals surface area contributed by atoms with E-state index in [1.165, 1.54) is 4.31 Å². The number of benzene rings is 2. The minimum Gasteiger partial charge on any atom is -0.326 e. The number of carbonyl (C=O) groups excluding carboxylic acids is 1. The van der Waals surface area contributed by atoms with E-state index in [9.17, 15) is 34.8 Å². The van der Waals surface area contributed by atoms with Crippen LogP contribution in [0.5, 0.6) is 0 Å². The number of alkyl halides is 3. The van der Waals surface area contributed by atoms with Gasteiger partial charge in [0.15, 0.2) is 0 Å². The summed E-state index contributed by atoms with van der Waals surface area (Å²) in [6, 6.07) is 6.76. The van der Waals surface area contributed by atoms with Crippen molar-refractivity contribution >= 4 is 37.3 Å². The van der Waals surface area contributed by atoms with Gasteiger partial charge in [-0.3, -0.25) is 9.52 Å². The van der Waals surface area contributed by atoms with Gasteiger partial charge in [0.2, 0.25) is 15.9 Å². The molecule has 0 atom stereocenters. The normalized spacial score (nSPS) is 12.6. The van der Waals surface area contributed by atoms with Crippen LogP contribution >= 0.6 is 0 Å². The van der Waals surface area contributed by atoms with Gasteiger partial charge >= 0.3 is 6.18 Å². The fourth-order valence-corrected chi connectivity index (χ4v) is 5.39. The zero-order valence-electron chi connectivity index (χ0n) is 17.4. The maximum Gasteiger partial charge on any atom is 0.418 e. The lowest BCUT2D eigenvalue weighted by Gasteiger charge is -2.19. The monoisotopic (exact) mass is 493 g/mol. The maximum absolute atomic E-state index is 13.5. The minimum absolute atomic E-state index is 0.143. The molecule has 0 saturated carbocycles. The van der Waals surface area contributed by atoms with Crippen LogP contribution in [0.25, 0.3) is 0 Å². The van der Waals surface area contributed by atoms with Crippen LogP contribution < -0.4 is 10.0 Å². The van der Waals surface area contributed by atoms with Crippen molar-refractivity contribution < 1.29 is 34.8 Å². The molecule has 0 aliphatic rings. The number of hydrogen-bond donors (Lipinski definition) is 2. The van der Waals surface area contributed by atoms with Crippen molar-refractivity contribution in [2.75, 3.05) is 23.1 Å². The van der Waals surface area contributed by atoms with E-state index >= 15 is 0 Å². The molecule has 13 heteroatoms. The van der Waals surface area contributed by atoms with Crippen LogP contribution in [0.4, 0.5) is 24.5 Å². The highest BCUT2D eigenvalue weighted by Crippen LogP contribution is 2.37. The molecule has 2 aromatic rings. The number of anilines is 2. The number of nitrogens with one attached hydrogen (secondary N) is 2. The fourth-order valence-electron chi connectivity index (χ4n) is 2.86. The summed E-state index contributed by atoms with van der Waals surface area (Å²) >= 11 is 0. The summed E-state index contributed by atoms with van der Waals surface area (Å²) in [7, 11) is -8.30. The van der Waals surface area contributed by atoms with E-state index in [0.29, 0.717) is 6.07 Å². The Bertz CT molecular complexity index is 1190. The van der Waals surface area contributed by atoms with E-state index < -0.39 is 48.3 Å². The largest absolute Gasteiger partial charge is 0.418 e. The number of carbonyl (C=O) groups is 1. The third-order valence-electron chi connectivity index (χ3n) is 4.37. The highest BCUT2D eigenvalue weighted by atomic mass is 32.2. The van der Waals surface area contributed by atoms with Gasteiger partial charge in [-0.15, -0.1) is 0 Å². The van der Waals surface area contributed by atoms with E-state index in [1.54, 1.807) is 13.8 Å². The van der Waals surface area contributed by atoms with E-state index in [2.05, 4.69) is 5.32 Å². The zero-order valence-corrected chi connectivity index (χ0v) is 19.0. The van der Waals surface area contributed by atoms with Crippen LogP contribution in [-0.4, -0.2) is 40.1 Å². The Labute approximate surface area is 184 Å². The molecule has 0 aliphatic carbocycles. The molecule has 2 rings (SSSR count). The van der Waals surface area contributed by atoms with E-state index in [4.69, 9.17) is 0 Å². The van der Waals surface area contributed by atoms with Crippen LogP contribution in [0.15, 0.2) is 52.3 Å². The molecule has 0 spiro atoms. The van der Waals surface area contributed by atoms with Crippen molar-refractivity contribution in [3.8, 4) is 0 Å². The van der Waals surface area contributed by atoms with Gasteiger partial charge in [0.1, 0.15) is 0 Å². The molecule has 0 radical (unpaired) electrons. The second kappa shape index (κ2) is 9.46. The molecule has 0 aromatic heterocycles. The minimum atomic E-state index is -4.91. The fraction of sp³-hybridized carbons (Fsp3) is 0.316. The molecule has 1 amide bonds. The first-order chi connectivity index (χ1) is 14.7. The first-order valence-electron chi connectivity index (χ1n) is 9.34. The van der Waals surface area contributed by atoms with Crippen molar-refractivity contribution in [3.05, 3.63) is 48.0 Å². The number of hydrogen-bond acceptors (Lipinski definition) is 5. The van der Waals surface area contributed by atoms with Gasteiger partial charge in [-0.05, 0) is 42.5 Å². The topological polar surface area (TPSA) is 113 Å². The summed E-state index contributed by atoms with van der Waals surface area (Å²) in [6.45, 7) is 4.86. The molecule has 2 N–H and O–H groups in total. The van der Waals surface area contributed by atoms with Crippen molar-refractivity contribution in [2.45, 2.75) is 36.7 Å². The highest BCUT2D eigenvalue weighted by Gasteiger charge is 2.35. The van der Waals surface area contributed by atoms with Crippen LogP contribution in [0.2, 0.25) is 0 Å². The average Bonchev–Trinajstić information content (AvgIpc) is 2.68. The Morgan fingerprint density at radius 1 is 0.938 bits per heavy atom. The summed E-state index contributed by atoms with van der Waals surface area (Å²) in [6.07, 6.45) is -4.91.